The Hall–Kier alpha value is -2.02. The lowest BCUT2D eigenvalue weighted by atomic mass is 10.2. The Kier molecular flexibility index (Phi) is 5.83. The molecule has 0 aliphatic carbocycles. The lowest BCUT2D eigenvalue weighted by molar-refractivity contribution is -0.141. The van der Waals surface area contributed by atoms with Gasteiger partial charge >= 0.3 is 5.97 Å². The largest absolute Gasteiger partial charge is 0.497 e. The number of hydrogen-bond acceptors (Lipinski definition) is 5. The number of aliphatic carboxylic acids is 1. The van der Waals surface area contributed by atoms with E-state index in [2.05, 4.69) is 10.3 Å². The van der Waals surface area contributed by atoms with E-state index in [1.807, 2.05) is 31.2 Å². The SMILES string of the molecule is CCC[C@@H](C(=O)O)n1cc(CSc2cccc(OC)c2)nn1. The average molecular weight is 321 g/mol. The molecule has 0 spiro atoms. The molecule has 2 aromatic rings. The molecule has 0 fully saturated rings. The summed E-state index contributed by atoms with van der Waals surface area (Å²) < 4.78 is 6.62. The number of nitrogens with zero attached hydrogens (tertiary/aromatic N) is 3. The molecule has 0 radical (unpaired) electrons. The van der Waals surface area contributed by atoms with Crippen LogP contribution < -0.4 is 4.74 Å². The summed E-state index contributed by atoms with van der Waals surface area (Å²) in [4.78, 5) is 12.3. The van der Waals surface area contributed by atoms with Crippen LogP contribution in [0, 0.1) is 0 Å². The molecule has 1 aromatic heterocycles. The molecule has 0 saturated heterocycles. The Labute approximate surface area is 133 Å². The third-order valence-corrected chi connectivity index (χ3v) is 4.18. The third kappa shape index (κ3) is 4.24. The van der Waals surface area contributed by atoms with Gasteiger partial charge in [-0.15, -0.1) is 16.9 Å². The van der Waals surface area contributed by atoms with E-state index in [0.29, 0.717) is 12.2 Å². The Morgan fingerprint density at radius 3 is 3.00 bits per heavy atom. The lowest BCUT2D eigenvalue weighted by Crippen LogP contribution is -2.19. The number of aromatic nitrogens is 3. The van der Waals surface area contributed by atoms with E-state index in [9.17, 15) is 9.90 Å². The quantitative estimate of drug-likeness (QED) is 0.753. The molecule has 7 heteroatoms. The van der Waals surface area contributed by atoms with Gasteiger partial charge in [0.2, 0.25) is 0 Å². The summed E-state index contributed by atoms with van der Waals surface area (Å²) in [6, 6.07) is 7.12. The molecule has 0 aliphatic heterocycles. The normalized spacial score (nSPS) is 12.1. The molecule has 0 saturated carbocycles. The highest BCUT2D eigenvalue weighted by molar-refractivity contribution is 7.98. The van der Waals surface area contributed by atoms with Crippen LogP contribution in [0.1, 0.15) is 31.5 Å². The number of hydrogen-bond donors (Lipinski definition) is 1. The first-order valence-corrected chi connectivity index (χ1v) is 8.03. The van der Waals surface area contributed by atoms with Crippen LogP contribution in [0.3, 0.4) is 0 Å². The fourth-order valence-corrected chi connectivity index (χ4v) is 2.84. The second-order valence-corrected chi connectivity index (χ2v) is 5.85. The number of carbonyl (C=O) groups is 1. The molecule has 6 nitrogen and oxygen atoms in total. The molecule has 0 amide bonds. The van der Waals surface area contributed by atoms with Crippen molar-refractivity contribution in [3.63, 3.8) is 0 Å². The number of carboxylic acid groups (broad SMARTS) is 1. The van der Waals surface area contributed by atoms with E-state index in [1.54, 1.807) is 25.1 Å². The summed E-state index contributed by atoms with van der Waals surface area (Å²) in [7, 11) is 1.63. The number of ether oxygens (including phenoxy) is 1. The van der Waals surface area contributed by atoms with Crippen LogP contribution in [0.2, 0.25) is 0 Å². The number of methoxy groups -OCH3 is 1. The van der Waals surface area contributed by atoms with Crippen LogP contribution in [0.5, 0.6) is 5.75 Å². The van der Waals surface area contributed by atoms with Crippen molar-refractivity contribution in [1.82, 2.24) is 15.0 Å². The van der Waals surface area contributed by atoms with Crippen molar-refractivity contribution in [2.24, 2.45) is 0 Å². The van der Waals surface area contributed by atoms with Gasteiger partial charge in [0.25, 0.3) is 0 Å². The first-order chi connectivity index (χ1) is 10.6. The zero-order valence-corrected chi connectivity index (χ0v) is 13.4. The summed E-state index contributed by atoms with van der Waals surface area (Å²) in [5.74, 6) is 0.562. The molecule has 0 bridgehead atoms. The smallest absolute Gasteiger partial charge is 0.328 e. The maximum atomic E-state index is 11.2. The Balaban J connectivity index is 2.00. The monoisotopic (exact) mass is 321 g/mol. The zero-order valence-electron chi connectivity index (χ0n) is 12.6. The first-order valence-electron chi connectivity index (χ1n) is 7.04. The van der Waals surface area contributed by atoms with Crippen molar-refractivity contribution in [3.8, 4) is 5.75 Å². The minimum Gasteiger partial charge on any atom is -0.497 e. The highest BCUT2D eigenvalue weighted by Gasteiger charge is 2.20. The number of rotatable bonds is 8. The molecule has 118 valence electrons. The Bertz CT molecular complexity index is 630. The standard InChI is InChI=1S/C15H19N3O3S/c1-3-5-14(15(19)20)18-9-11(16-17-18)10-22-13-7-4-6-12(8-13)21-2/h4,6-9,14H,3,5,10H2,1-2H3,(H,19,20)/t14-/m0/s1. The maximum Gasteiger partial charge on any atom is 0.328 e. The van der Waals surface area contributed by atoms with Crippen LogP contribution in [-0.4, -0.2) is 33.2 Å². The number of benzene rings is 1. The van der Waals surface area contributed by atoms with Crippen molar-refractivity contribution in [3.05, 3.63) is 36.2 Å². The fourth-order valence-electron chi connectivity index (χ4n) is 2.02. The maximum absolute atomic E-state index is 11.2. The summed E-state index contributed by atoms with van der Waals surface area (Å²) in [5, 5.41) is 17.2. The molecular formula is C15H19N3O3S. The van der Waals surface area contributed by atoms with E-state index < -0.39 is 12.0 Å². The van der Waals surface area contributed by atoms with E-state index in [0.717, 1.165) is 22.8 Å². The topological polar surface area (TPSA) is 77.2 Å². The van der Waals surface area contributed by atoms with Gasteiger partial charge in [-0.05, 0) is 24.6 Å². The van der Waals surface area contributed by atoms with Crippen molar-refractivity contribution in [2.45, 2.75) is 36.5 Å². The minimum atomic E-state index is -0.876. The van der Waals surface area contributed by atoms with E-state index >= 15 is 0 Å². The van der Waals surface area contributed by atoms with Crippen LogP contribution in [0.15, 0.2) is 35.4 Å². The Morgan fingerprint density at radius 1 is 1.50 bits per heavy atom. The molecule has 1 heterocycles. The van der Waals surface area contributed by atoms with E-state index in [-0.39, 0.29) is 0 Å². The predicted molar refractivity (Wildman–Crippen MR) is 84.2 cm³/mol. The molecule has 1 atom stereocenters. The summed E-state index contributed by atoms with van der Waals surface area (Å²) in [6.45, 7) is 1.95. The van der Waals surface area contributed by atoms with Crippen molar-refractivity contribution in [2.75, 3.05) is 7.11 Å². The summed E-state index contributed by atoms with van der Waals surface area (Å²) in [5.41, 5.74) is 0.759. The van der Waals surface area contributed by atoms with Gasteiger partial charge in [-0.3, -0.25) is 0 Å². The zero-order chi connectivity index (χ0) is 15.9. The second-order valence-electron chi connectivity index (χ2n) is 4.80. The lowest BCUT2D eigenvalue weighted by Gasteiger charge is -2.09. The second kappa shape index (κ2) is 7.84. The fraction of sp³-hybridized carbons (Fsp3) is 0.400. The van der Waals surface area contributed by atoms with Gasteiger partial charge in [0.15, 0.2) is 6.04 Å². The van der Waals surface area contributed by atoms with Gasteiger partial charge in [0, 0.05) is 10.6 Å². The van der Waals surface area contributed by atoms with E-state index in [4.69, 9.17) is 4.74 Å². The van der Waals surface area contributed by atoms with E-state index in [1.165, 1.54) is 4.68 Å². The molecule has 0 unspecified atom stereocenters. The third-order valence-electron chi connectivity index (χ3n) is 3.15. The highest BCUT2D eigenvalue weighted by atomic mass is 32.2. The Morgan fingerprint density at radius 2 is 2.32 bits per heavy atom. The summed E-state index contributed by atoms with van der Waals surface area (Å²) >= 11 is 1.61. The van der Waals surface area contributed by atoms with Crippen molar-refractivity contribution in [1.29, 1.82) is 0 Å². The first kappa shape index (κ1) is 16.4. The predicted octanol–water partition coefficient (Wildman–Crippen LogP) is 3.00. The molecule has 22 heavy (non-hydrogen) atoms. The molecule has 1 N–H and O–H groups in total. The van der Waals surface area contributed by atoms with Gasteiger partial charge in [-0.25, -0.2) is 9.48 Å². The van der Waals surface area contributed by atoms with Gasteiger partial charge in [0.05, 0.1) is 19.0 Å². The number of thioether (sulfide) groups is 1. The molecule has 0 aliphatic rings. The van der Waals surface area contributed by atoms with Crippen LogP contribution in [-0.2, 0) is 10.5 Å². The van der Waals surface area contributed by atoms with Gasteiger partial charge in [-0.1, -0.05) is 24.6 Å². The van der Waals surface area contributed by atoms with Gasteiger partial charge in [0.1, 0.15) is 5.75 Å². The van der Waals surface area contributed by atoms with Crippen LogP contribution in [0.4, 0.5) is 0 Å². The van der Waals surface area contributed by atoms with Gasteiger partial charge < -0.3 is 9.84 Å². The molecular weight excluding hydrogens is 302 g/mol. The van der Waals surface area contributed by atoms with Crippen LogP contribution in [0.25, 0.3) is 0 Å². The molecule has 1 aromatic carbocycles. The summed E-state index contributed by atoms with van der Waals surface area (Å²) in [6.07, 6.45) is 3.04. The van der Waals surface area contributed by atoms with Gasteiger partial charge in [-0.2, -0.15) is 0 Å². The average Bonchev–Trinajstić information content (AvgIpc) is 2.99. The molecule has 2 rings (SSSR count). The van der Waals surface area contributed by atoms with Crippen molar-refractivity contribution < 1.29 is 14.6 Å². The number of carboxylic acids is 1. The van der Waals surface area contributed by atoms with Crippen molar-refractivity contribution >= 4 is 17.7 Å². The van der Waals surface area contributed by atoms with Crippen LogP contribution >= 0.6 is 11.8 Å². The highest BCUT2D eigenvalue weighted by Crippen LogP contribution is 2.25. The minimum absolute atomic E-state index is 0.543.